The van der Waals surface area contributed by atoms with Crippen molar-refractivity contribution < 1.29 is 4.74 Å². The van der Waals surface area contributed by atoms with Crippen molar-refractivity contribution in [1.82, 2.24) is 14.5 Å². The van der Waals surface area contributed by atoms with Gasteiger partial charge in [-0.15, -0.1) is 0 Å². The van der Waals surface area contributed by atoms with Gasteiger partial charge in [-0.3, -0.25) is 4.90 Å². The molecule has 0 saturated carbocycles. The summed E-state index contributed by atoms with van der Waals surface area (Å²) in [6.45, 7) is 9.99. The number of piperidine rings is 1. The molecule has 1 atom stereocenters. The first-order valence-electron chi connectivity index (χ1n) is 9.44. The van der Waals surface area contributed by atoms with Crippen molar-refractivity contribution in [1.29, 1.82) is 0 Å². The van der Waals surface area contributed by atoms with E-state index in [0.717, 1.165) is 25.3 Å². The molecule has 25 heavy (non-hydrogen) atoms. The summed E-state index contributed by atoms with van der Waals surface area (Å²) in [6.07, 6.45) is 5.68. The molecule has 4 nitrogen and oxygen atoms in total. The number of imidazole rings is 1. The van der Waals surface area contributed by atoms with Crippen LogP contribution >= 0.6 is 0 Å². The van der Waals surface area contributed by atoms with Crippen LogP contribution in [0.1, 0.15) is 49.8 Å². The van der Waals surface area contributed by atoms with Crippen molar-refractivity contribution in [2.75, 3.05) is 20.2 Å². The second kappa shape index (κ2) is 8.05. The lowest BCUT2D eigenvalue weighted by Crippen LogP contribution is -2.36. The van der Waals surface area contributed by atoms with Crippen LogP contribution in [0.2, 0.25) is 0 Å². The lowest BCUT2D eigenvalue weighted by molar-refractivity contribution is 0.164. The summed E-state index contributed by atoms with van der Waals surface area (Å²) in [4.78, 5) is 7.27. The standard InChI is InChI=1S/C21H31N3O/c1-16(2)24-17(3)13-22-21(24)12-19-8-6-10-23(15-19)14-18-7-5-9-20(11-18)25-4/h5,7,9,11,13,16,19H,6,8,10,12,14-15H2,1-4H3. The molecular weight excluding hydrogens is 310 g/mol. The molecule has 1 aromatic heterocycles. The predicted molar refractivity (Wildman–Crippen MR) is 102 cm³/mol. The van der Waals surface area contributed by atoms with E-state index in [2.05, 4.69) is 48.4 Å². The van der Waals surface area contributed by atoms with E-state index in [4.69, 9.17) is 9.72 Å². The average Bonchev–Trinajstić information content (AvgIpc) is 2.96. The zero-order chi connectivity index (χ0) is 17.8. The predicted octanol–water partition coefficient (Wildman–Crippen LogP) is 4.24. The van der Waals surface area contributed by atoms with E-state index in [1.807, 2.05) is 12.3 Å². The molecular formula is C21H31N3O. The van der Waals surface area contributed by atoms with Crippen LogP contribution in [0.5, 0.6) is 5.75 Å². The van der Waals surface area contributed by atoms with Crippen LogP contribution in [0.25, 0.3) is 0 Å². The topological polar surface area (TPSA) is 30.3 Å². The van der Waals surface area contributed by atoms with E-state index in [-0.39, 0.29) is 0 Å². The zero-order valence-electron chi connectivity index (χ0n) is 16.0. The normalized spacial score (nSPS) is 18.7. The maximum atomic E-state index is 5.35. The van der Waals surface area contributed by atoms with Gasteiger partial charge in [-0.25, -0.2) is 4.98 Å². The summed E-state index contributed by atoms with van der Waals surface area (Å²) in [5, 5.41) is 0. The third-order valence-corrected chi connectivity index (χ3v) is 5.19. The number of aromatic nitrogens is 2. The van der Waals surface area contributed by atoms with E-state index in [0.29, 0.717) is 12.0 Å². The maximum absolute atomic E-state index is 5.35. The minimum absolute atomic E-state index is 0.481. The van der Waals surface area contributed by atoms with Gasteiger partial charge in [-0.05, 0) is 63.8 Å². The molecule has 3 rings (SSSR count). The zero-order valence-corrected chi connectivity index (χ0v) is 16.0. The van der Waals surface area contributed by atoms with E-state index < -0.39 is 0 Å². The maximum Gasteiger partial charge on any atom is 0.119 e. The number of ether oxygens (including phenoxy) is 1. The van der Waals surface area contributed by atoms with Gasteiger partial charge >= 0.3 is 0 Å². The van der Waals surface area contributed by atoms with Crippen molar-refractivity contribution in [2.45, 2.75) is 52.6 Å². The number of hydrogen-bond acceptors (Lipinski definition) is 3. The number of aryl methyl sites for hydroxylation is 1. The summed E-state index contributed by atoms with van der Waals surface area (Å²) >= 11 is 0. The lowest BCUT2D eigenvalue weighted by atomic mass is 9.94. The van der Waals surface area contributed by atoms with E-state index in [1.165, 1.54) is 36.5 Å². The van der Waals surface area contributed by atoms with Crippen LogP contribution in [0.4, 0.5) is 0 Å². The number of likely N-dealkylation sites (tertiary alicyclic amines) is 1. The Morgan fingerprint density at radius 3 is 2.92 bits per heavy atom. The van der Waals surface area contributed by atoms with Crippen LogP contribution in [-0.2, 0) is 13.0 Å². The van der Waals surface area contributed by atoms with Gasteiger partial charge in [0.05, 0.1) is 7.11 Å². The minimum atomic E-state index is 0.481. The first-order valence-corrected chi connectivity index (χ1v) is 9.44. The Labute approximate surface area is 151 Å². The third-order valence-electron chi connectivity index (χ3n) is 5.19. The van der Waals surface area contributed by atoms with Gasteiger partial charge in [0.15, 0.2) is 0 Å². The Kier molecular flexibility index (Phi) is 5.79. The summed E-state index contributed by atoms with van der Waals surface area (Å²) in [5.41, 5.74) is 2.61. The lowest BCUT2D eigenvalue weighted by Gasteiger charge is -2.33. The molecule has 4 heteroatoms. The molecule has 2 heterocycles. The molecule has 1 unspecified atom stereocenters. The fourth-order valence-corrected chi connectivity index (χ4v) is 4.10. The minimum Gasteiger partial charge on any atom is -0.497 e. The third kappa shape index (κ3) is 4.43. The van der Waals surface area contributed by atoms with Crippen molar-refractivity contribution in [3.63, 3.8) is 0 Å². The molecule has 2 aromatic rings. The van der Waals surface area contributed by atoms with Crippen LogP contribution in [0, 0.1) is 12.8 Å². The van der Waals surface area contributed by atoms with E-state index in [1.54, 1.807) is 7.11 Å². The van der Waals surface area contributed by atoms with Crippen molar-refractivity contribution >= 4 is 0 Å². The molecule has 0 bridgehead atoms. The Morgan fingerprint density at radius 1 is 1.32 bits per heavy atom. The first-order chi connectivity index (χ1) is 12.1. The summed E-state index contributed by atoms with van der Waals surface area (Å²) < 4.78 is 7.74. The van der Waals surface area contributed by atoms with Gasteiger partial charge in [-0.1, -0.05) is 12.1 Å². The Morgan fingerprint density at radius 2 is 2.16 bits per heavy atom. The van der Waals surface area contributed by atoms with Crippen molar-refractivity contribution in [3.8, 4) is 5.75 Å². The highest BCUT2D eigenvalue weighted by molar-refractivity contribution is 5.28. The number of nitrogens with zero attached hydrogens (tertiary/aromatic N) is 3. The highest BCUT2D eigenvalue weighted by Crippen LogP contribution is 2.24. The molecule has 1 saturated heterocycles. The Balaban J connectivity index is 1.63. The fourth-order valence-electron chi connectivity index (χ4n) is 4.10. The second-order valence-corrected chi connectivity index (χ2v) is 7.58. The largest absolute Gasteiger partial charge is 0.497 e. The average molecular weight is 341 g/mol. The second-order valence-electron chi connectivity index (χ2n) is 7.58. The molecule has 0 radical (unpaired) electrons. The van der Waals surface area contributed by atoms with Crippen molar-refractivity contribution in [3.05, 3.63) is 47.5 Å². The van der Waals surface area contributed by atoms with Crippen LogP contribution < -0.4 is 4.74 Å². The fraction of sp³-hybridized carbons (Fsp3) is 0.571. The smallest absolute Gasteiger partial charge is 0.119 e. The quantitative estimate of drug-likeness (QED) is 0.787. The number of rotatable bonds is 6. The molecule has 1 aliphatic rings. The van der Waals surface area contributed by atoms with Gasteiger partial charge in [-0.2, -0.15) is 0 Å². The van der Waals surface area contributed by atoms with E-state index >= 15 is 0 Å². The van der Waals surface area contributed by atoms with Gasteiger partial charge in [0, 0.05) is 37.4 Å². The summed E-state index contributed by atoms with van der Waals surface area (Å²) in [7, 11) is 1.73. The molecule has 0 N–H and O–H groups in total. The summed E-state index contributed by atoms with van der Waals surface area (Å²) in [5.74, 6) is 2.89. The van der Waals surface area contributed by atoms with Crippen molar-refractivity contribution in [2.24, 2.45) is 5.92 Å². The van der Waals surface area contributed by atoms with Gasteiger partial charge in [0.1, 0.15) is 11.6 Å². The highest BCUT2D eigenvalue weighted by atomic mass is 16.5. The number of methoxy groups -OCH3 is 1. The SMILES string of the molecule is COc1cccc(CN2CCCC(Cc3ncc(C)n3C(C)C)C2)c1. The van der Waals surface area contributed by atoms with Crippen LogP contribution in [-0.4, -0.2) is 34.7 Å². The molecule has 1 fully saturated rings. The molecule has 0 aliphatic carbocycles. The Hall–Kier alpha value is -1.81. The first kappa shape index (κ1) is 18.0. The van der Waals surface area contributed by atoms with E-state index in [9.17, 15) is 0 Å². The highest BCUT2D eigenvalue weighted by Gasteiger charge is 2.23. The van der Waals surface area contributed by atoms with Crippen LogP contribution in [0.15, 0.2) is 30.5 Å². The monoisotopic (exact) mass is 341 g/mol. The molecule has 1 aromatic carbocycles. The molecule has 1 aliphatic heterocycles. The molecule has 0 spiro atoms. The van der Waals surface area contributed by atoms with Gasteiger partial charge < -0.3 is 9.30 Å². The molecule has 136 valence electrons. The van der Waals surface area contributed by atoms with Crippen LogP contribution in [0.3, 0.4) is 0 Å². The van der Waals surface area contributed by atoms with Gasteiger partial charge in [0.25, 0.3) is 0 Å². The molecule has 0 amide bonds. The Bertz CT molecular complexity index is 692. The van der Waals surface area contributed by atoms with Gasteiger partial charge in [0.2, 0.25) is 0 Å². The number of benzene rings is 1. The number of hydrogen-bond donors (Lipinski definition) is 0. The summed E-state index contributed by atoms with van der Waals surface area (Å²) in [6, 6.07) is 8.92.